The second kappa shape index (κ2) is 5.20. The molecule has 3 nitrogen and oxygen atoms in total. The Balaban J connectivity index is 2.09. The zero-order valence-electron chi connectivity index (χ0n) is 8.32. The fourth-order valence-corrected chi connectivity index (χ4v) is 1.75. The molecule has 0 bridgehead atoms. The lowest BCUT2D eigenvalue weighted by atomic mass is 10.2. The van der Waals surface area contributed by atoms with Gasteiger partial charge in [-0.1, -0.05) is 18.2 Å². The summed E-state index contributed by atoms with van der Waals surface area (Å²) in [5.41, 5.74) is 0.622. The Kier molecular flexibility index (Phi) is 3.66. The topological polar surface area (TPSA) is 37.8 Å². The molecule has 2 aromatic rings. The first kappa shape index (κ1) is 11.3. The van der Waals surface area contributed by atoms with Gasteiger partial charge in [0.1, 0.15) is 18.0 Å². The molecule has 0 aliphatic rings. The number of nitrogens with zero attached hydrogens (tertiary/aromatic N) is 2. The molecule has 0 amide bonds. The van der Waals surface area contributed by atoms with E-state index in [-0.39, 0.29) is 5.82 Å². The molecular formula is C11H9FIN3. The molecule has 1 aromatic carbocycles. The summed E-state index contributed by atoms with van der Waals surface area (Å²) in [4.78, 5) is 7.96. The van der Waals surface area contributed by atoms with Crippen LogP contribution in [0.15, 0.2) is 36.8 Å². The summed E-state index contributed by atoms with van der Waals surface area (Å²) in [6, 6.07) is 6.68. The minimum atomic E-state index is -0.209. The molecule has 1 aromatic heterocycles. The quantitative estimate of drug-likeness (QED) is 0.880. The van der Waals surface area contributed by atoms with Crippen molar-refractivity contribution in [3.8, 4) is 0 Å². The van der Waals surface area contributed by atoms with E-state index >= 15 is 0 Å². The summed E-state index contributed by atoms with van der Waals surface area (Å²) < 4.78 is 14.2. The van der Waals surface area contributed by atoms with Gasteiger partial charge in [0.15, 0.2) is 0 Å². The zero-order chi connectivity index (χ0) is 11.4. The SMILES string of the molecule is Fc1ccccc1CNc1ncncc1I. The lowest BCUT2D eigenvalue weighted by Gasteiger charge is -2.07. The molecule has 0 aliphatic carbocycles. The van der Waals surface area contributed by atoms with Crippen LogP contribution in [0.25, 0.3) is 0 Å². The second-order valence-electron chi connectivity index (χ2n) is 3.16. The summed E-state index contributed by atoms with van der Waals surface area (Å²) in [6.07, 6.45) is 3.17. The maximum atomic E-state index is 13.3. The number of benzene rings is 1. The van der Waals surface area contributed by atoms with Crippen LogP contribution in [0.4, 0.5) is 10.2 Å². The van der Waals surface area contributed by atoms with Crippen LogP contribution in [0.5, 0.6) is 0 Å². The number of hydrogen-bond donors (Lipinski definition) is 1. The van der Waals surface area contributed by atoms with Gasteiger partial charge in [0.2, 0.25) is 0 Å². The monoisotopic (exact) mass is 329 g/mol. The van der Waals surface area contributed by atoms with Gasteiger partial charge in [0.05, 0.1) is 3.57 Å². The number of aromatic nitrogens is 2. The number of anilines is 1. The molecule has 0 saturated heterocycles. The van der Waals surface area contributed by atoms with Crippen molar-refractivity contribution in [1.82, 2.24) is 9.97 Å². The van der Waals surface area contributed by atoms with Crippen molar-refractivity contribution in [2.45, 2.75) is 6.54 Å². The van der Waals surface area contributed by atoms with Gasteiger partial charge in [-0.05, 0) is 28.7 Å². The zero-order valence-corrected chi connectivity index (χ0v) is 10.5. The van der Waals surface area contributed by atoms with Gasteiger partial charge in [-0.25, -0.2) is 14.4 Å². The van der Waals surface area contributed by atoms with Crippen LogP contribution < -0.4 is 5.32 Å². The van der Waals surface area contributed by atoms with E-state index in [1.54, 1.807) is 18.3 Å². The Morgan fingerprint density at radius 1 is 1.31 bits per heavy atom. The standard InChI is InChI=1S/C11H9FIN3/c12-9-4-2-1-3-8(9)5-15-11-10(13)6-14-7-16-11/h1-4,6-7H,5H2,(H,14,15,16). The first-order chi connectivity index (χ1) is 7.77. The molecule has 5 heteroatoms. The summed E-state index contributed by atoms with van der Waals surface area (Å²) in [7, 11) is 0. The lowest BCUT2D eigenvalue weighted by Crippen LogP contribution is -2.04. The molecule has 1 heterocycles. The van der Waals surface area contributed by atoms with Crippen LogP contribution in [0.3, 0.4) is 0 Å². The Morgan fingerprint density at radius 3 is 2.88 bits per heavy atom. The Bertz CT molecular complexity index is 445. The first-order valence-electron chi connectivity index (χ1n) is 4.70. The highest BCUT2D eigenvalue weighted by Gasteiger charge is 2.03. The Labute approximate surface area is 106 Å². The van der Waals surface area contributed by atoms with Gasteiger partial charge in [0, 0.05) is 18.3 Å². The third kappa shape index (κ3) is 2.66. The minimum absolute atomic E-state index is 0.209. The van der Waals surface area contributed by atoms with Crippen LogP contribution in [-0.4, -0.2) is 9.97 Å². The van der Waals surface area contributed by atoms with E-state index < -0.39 is 0 Å². The maximum Gasteiger partial charge on any atom is 0.143 e. The van der Waals surface area contributed by atoms with Crippen molar-refractivity contribution in [1.29, 1.82) is 0 Å². The van der Waals surface area contributed by atoms with Crippen molar-refractivity contribution in [3.63, 3.8) is 0 Å². The first-order valence-corrected chi connectivity index (χ1v) is 5.78. The molecule has 0 saturated carbocycles. The molecular weight excluding hydrogens is 320 g/mol. The van der Waals surface area contributed by atoms with Crippen LogP contribution in [-0.2, 0) is 6.54 Å². The molecule has 0 spiro atoms. The molecule has 1 N–H and O–H groups in total. The van der Waals surface area contributed by atoms with Crippen LogP contribution >= 0.6 is 22.6 Å². The van der Waals surface area contributed by atoms with Crippen molar-refractivity contribution in [2.24, 2.45) is 0 Å². The van der Waals surface area contributed by atoms with Crippen molar-refractivity contribution in [3.05, 3.63) is 51.7 Å². The van der Waals surface area contributed by atoms with E-state index in [2.05, 4.69) is 37.9 Å². The van der Waals surface area contributed by atoms with E-state index in [1.807, 2.05) is 6.07 Å². The maximum absolute atomic E-state index is 13.3. The number of halogens is 2. The molecule has 0 radical (unpaired) electrons. The van der Waals surface area contributed by atoms with Crippen molar-refractivity contribution < 1.29 is 4.39 Å². The van der Waals surface area contributed by atoms with Gasteiger partial charge < -0.3 is 5.32 Å². The fourth-order valence-electron chi connectivity index (χ4n) is 1.26. The average molecular weight is 329 g/mol. The number of rotatable bonds is 3. The van der Waals surface area contributed by atoms with E-state index in [9.17, 15) is 4.39 Å². The molecule has 0 unspecified atom stereocenters. The molecule has 2 rings (SSSR count). The van der Waals surface area contributed by atoms with Crippen LogP contribution in [0, 0.1) is 9.39 Å². The van der Waals surface area contributed by atoms with E-state index in [0.29, 0.717) is 12.1 Å². The van der Waals surface area contributed by atoms with Crippen molar-refractivity contribution >= 4 is 28.4 Å². The average Bonchev–Trinajstić information content (AvgIpc) is 2.30. The van der Waals surface area contributed by atoms with Crippen LogP contribution in [0.1, 0.15) is 5.56 Å². The second-order valence-corrected chi connectivity index (χ2v) is 4.33. The molecule has 0 fully saturated rings. The highest BCUT2D eigenvalue weighted by atomic mass is 127. The highest BCUT2D eigenvalue weighted by molar-refractivity contribution is 14.1. The lowest BCUT2D eigenvalue weighted by molar-refractivity contribution is 0.613. The summed E-state index contributed by atoms with van der Waals surface area (Å²) in [6.45, 7) is 0.416. The molecule has 16 heavy (non-hydrogen) atoms. The van der Waals surface area contributed by atoms with Crippen molar-refractivity contribution in [2.75, 3.05) is 5.32 Å². The smallest absolute Gasteiger partial charge is 0.143 e. The fraction of sp³-hybridized carbons (Fsp3) is 0.0909. The Hall–Kier alpha value is -1.24. The molecule has 0 aliphatic heterocycles. The van der Waals surface area contributed by atoms with Gasteiger partial charge in [-0.2, -0.15) is 0 Å². The van der Waals surface area contributed by atoms with Gasteiger partial charge in [-0.15, -0.1) is 0 Å². The summed E-state index contributed by atoms with van der Waals surface area (Å²) in [5.74, 6) is 0.512. The van der Waals surface area contributed by atoms with Gasteiger partial charge >= 0.3 is 0 Å². The summed E-state index contributed by atoms with van der Waals surface area (Å²) >= 11 is 2.13. The predicted octanol–water partition coefficient (Wildman–Crippen LogP) is 2.83. The number of hydrogen-bond acceptors (Lipinski definition) is 3. The normalized spacial score (nSPS) is 10.1. The van der Waals surface area contributed by atoms with Crippen LogP contribution in [0.2, 0.25) is 0 Å². The number of nitrogens with one attached hydrogen (secondary N) is 1. The Morgan fingerprint density at radius 2 is 2.12 bits per heavy atom. The minimum Gasteiger partial charge on any atom is -0.365 e. The van der Waals surface area contributed by atoms with Gasteiger partial charge in [-0.3, -0.25) is 0 Å². The largest absolute Gasteiger partial charge is 0.365 e. The third-order valence-corrected chi connectivity index (χ3v) is 2.86. The molecule has 82 valence electrons. The summed E-state index contributed by atoms with van der Waals surface area (Å²) in [5, 5.41) is 3.07. The van der Waals surface area contributed by atoms with E-state index in [4.69, 9.17) is 0 Å². The van der Waals surface area contributed by atoms with Gasteiger partial charge in [0.25, 0.3) is 0 Å². The third-order valence-electron chi connectivity index (χ3n) is 2.07. The van der Waals surface area contributed by atoms with E-state index in [1.165, 1.54) is 12.4 Å². The molecule has 0 atom stereocenters. The highest BCUT2D eigenvalue weighted by Crippen LogP contribution is 2.14. The predicted molar refractivity (Wildman–Crippen MR) is 68.5 cm³/mol. The van der Waals surface area contributed by atoms with E-state index in [0.717, 1.165) is 9.39 Å².